The molecule has 0 bridgehead atoms. The van der Waals surface area contributed by atoms with Crippen LogP contribution in [0.5, 0.6) is 0 Å². The van der Waals surface area contributed by atoms with E-state index in [4.69, 9.17) is 27.9 Å². The van der Waals surface area contributed by atoms with E-state index >= 15 is 0 Å². The van der Waals surface area contributed by atoms with E-state index in [-0.39, 0.29) is 24.9 Å². The Kier molecular flexibility index (Phi) is 8.19. The molecule has 2 N–H and O–H groups in total. The van der Waals surface area contributed by atoms with Crippen molar-refractivity contribution in [3.8, 4) is 0 Å². The van der Waals surface area contributed by atoms with Crippen LogP contribution in [0.15, 0.2) is 18.2 Å². The molecule has 0 unspecified atom stereocenters. The second kappa shape index (κ2) is 9.63. The first kappa shape index (κ1) is 18.7. The summed E-state index contributed by atoms with van der Waals surface area (Å²) >= 11 is 12.0. The van der Waals surface area contributed by atoms with Gasteiger partial charge in [-0.05, 0) is 19.2 Å². The number of anilines is 1. The number of carbonyl (C=O) groups is 2. The van der Waals surface area contributed by atoms with Crippen molar-refractivity contribution in [2.45, 2.75) is 0 Å². The van der Waals surface area contributed by atoms with Crippen LogP contribution >= 0.6 is 23.2 Å². The minimum atomic E-state index is -0.304. The number of likely N-dealkylation sites (N-methyl/N-ethyl adjacent to an activating group) is 1. The Morgan fingerprint density at radius 3 is 2.36 bits per heavy atom. The lowest BCUT2D eigenvalue weighted by atomic mass is 10.3. The molecular weight excluding hydrogens is 329 g/mol. The first-order valence-electron chi connectivity index (χ1n) is 6.62. The summed E-state index contributed by atoms with van der Waals surface area (Å²) in [6, 6.07) is 4.96. The maximum absolute atomic E-state index is 11.9. The zero-order valence-corrected chi connectivity index (χ0v) is 14.0. The van der Waals surface area contributed by atoms with Gasteiger partial charge in [0.1, 0.15) is 0 Å². The van der Waals surface area contributed by atoms with Gasteiger partial charge >= 0.3 is 0 Å². The van der Waals surface area contributed by atoms with E-state index in [9.17, 15) is 9.59 Å². The van der Waals surface area contributed by atoms with Gasteiger partial charge in [-0.2, -0.15) is 0 Å². The molecule has 0 aliphatic heterocycles. The van der Waals surface area contributed by atoms with Crippen molar-refractivity contribution in [3.63, 3.8) is 0 Å². The number of nitrogens with zero attached hydrogens (tertiary/aromatic N) is 1. The molecule has 0 aromatic heterocycles. The summed E-state index contributed by atoms with van der Waals surface area (Å²) in [7, 11) is 3.23. The molecule has 22 heavy (non-hydrogen) atoms. The number of para-hydroxylation sites is 1. The molecule has 2 amide bonds. The van der Waals surface area contributed by atoms with Crippen LogP contribution in [-0.4, -0.2) is 57.1 Å². The van der Waals surface area contributed by atoms with Crippen molar-refractivity contribution in [1.82, 2.24) is 10.2 Å². The fourth-order valence-electron chi connectivity index (χ4n) is 1.69. The number of carbonyl (C=O) groups excluding carboxylic acids is 2. The van der Waals surface area contributed by atoms with Crippen molar-refractivity contribution >= 4 is 40.7 Å². The van der Waals surface area contributed by atoms with E-state index in [2.05, 4.69) is 10.6 Å². The Labute approximate surface area is 139 Å². The Bertz CT molecular complexity index is 506. The van der Waals surface area contributed by atoms with Crippen LogP contribution in [0, 0.1) is 0 Å². The summed E-state index contributed by atoms with van der Waals surface area (Å²) in [4.78, 5) is 25.1. The van der Waals surface area contributed by atoms with E-state index in [0.29, 0.717) is 28.9 Å². The van der Waals surface area contributed by atoms with Crippen LogP contribution in [0.2, 0.25) is 10.0 Å². The third kappa shape index (κ3) is 6.62. The lowest BCUT2D eigenvalue weighted by Gasteiger charge is -2.16. The molecule has 0 radical (unpaired) electrons. The van der Waals surface area contributed by atoms with Crippen LogP contribution in [0.4, 0.5) is 5.69 Å². The summed E-state index contributed by atoms with van der Waals surface area (Å²) < 4.78 is 4.83. The Hall–Kier alpha value is -1.34. The molecule has 0 saturated heterocycles. The fraction of sp³-hybridized carbons (Fsp3) is 0.429. The van der Waals surface area contributed by atoms with E-state index in [1.165, 1.54) is 0 Å². The number of ether oxygens (including phenoxy) is 1. The monoisotopic (exact) mass is 347 g/mol. The van der Waals surface area contributed by atoms with Gasteiger partial charge in [0.2, 0.25) is 11.8 Å². The minimum absolute atomic E-state index is 0.0409. The second-order valence-corrected chi connectivity index (χ2v) is 5.47. The average Bonchev–Trinajstić information content (AvgIpc) is 2.43. The lowest BCUT2D eigenvalue weighted by molar-refractivity contribution is -0.123. The van der Waals surface area contributed by atoms with E-state index in [1.54, 1.807) is 37.3 Å². The van der Waals surface area contributed by atoms with Gasteiger partial charge in [-0.3, -0.25) is 14.5 Å². The van der Waals surface area contributed by atoms with E-state index in [0.717, 1.165) is 0 Å². The molecule has 8 heteroatoms. The van der Waals surface area contributed by atoms with E-state index < -0.39 is 0 Å². The Morgan fingerprint density at radius 1 is 1.18 bits per heavy atom. The standard InChI is InChI=1S/C14H19Cl2N3O3/c1-19(8-12(20)17-6-7-22-2)9-13(21)18-14-10(15)4-3-5-11(14)16/h3-5H,6-9H2,1-2H3,(H,17,20)(H,18,21). The number of rotatable bonds is 8. The van der Waals surface area contributed by atoms with E-state index in [1.807, 2.05) is 0 Å². The number of halogens is 2. The van der Waals surface area contributed by atoms with Crippen molar-refractivity contribution in [2.24, 2.45) is 0 Å². The molecule has 1 aromatic rings. The van der Waals surface area contributed by atoms with Gasteiger partial charge in [-0.25, -0.2) is 0 Å². The number of nitrogens with one attached hydrogen (secondary N) is 2. The van der Waals surface area contributed by atoms with Crippen molar-refractivity contribution in [3.05, 3.63) is 28.2 Å². The molecule has 0 fully saturated rings. The molecule has 0 aliphatic carbocycles. The highest BCUT2D eigenvalue weighted by Crippen LogP contribution is 2.29. The highest BCUT2D eigenvalue weighted by molar-refractivity contribution is 6.39. The third-order valence-corrected chi connectivity index (χ3v) is 3.31. The third-order valence-electron chi connectivity index (χ3n) is 2.68. The highest BCUT2D eigenvalue weighted by Gasteiger charge is 2.13. The van der Waals surface area contributed by atoms with Crippen LogP contribution in [0.3, 0.4) is 0 Å². The fourth-order valence-corrected chi connectivity index (χ4v) is 2.18. The molecule has 122 valence electrons. The Morgan fingerprint density at radius 2 is 1.77 bits per heavy atom. The smallest absolute Gasteiger partial charge is 0.238 e. The summed E-state index contributed by atoms with van der Waals surface area (Å²) in [6.45, 7) is 1.03. The molecule has 0 spiro atoms. The first-order chi connectivity index (χ1) is 10.4. The topological polar surface area (TPSA) is 70.7 Å². The predicted molar refractivity (Wildman–Crippen MR) is 87.5 cm³/mol. The lowest BCUT2D eigenvalue weighted by Crippen LogP contribution is -2.39. The normalized spacial score (nSPS) is 10.6. The molecule has 1 aromatic carbocycles. The van der Waals surface area contributed by atoms with Crippen LogP contribution in [0.1, 0.15) is 0 Å². The minimum Gasteiger partial charge on any atom is -0.383 e. The molecule has 1 rings (SSSR count). The van der Waals surface area contributed by atoms with Crippen LogP contribution in [0.25, 0.3) is 0 Å². The second-order valence-electron chi connectivity index (χ2n) is 4.66. The summed E-state index contributed by atoms with van der Waals surface area (Å²) in [5, 5.41) is 6.04. The average molecular weight is 348 g/mol. The largest absolute Gasteiger partial charge is 0.383 e. The molecule has 0 aliphatic rings. The van der Waals surface area contributed by atoms with Gasteiger partial charge in [0.05, 0.1) is 35.4 Å². The Balaban J connectivity index is 2.43. The predicted octanol–water partition coefficient (Wildman–Crippen LogP) is 1.63. The number of amides is 2. The number of benzene rings is 1. The SMILES string of the molecule is COCCNC(=O)CN(C)CC(=O)Nc1c(Cl)cccc1Cl. The van der Waals surface area contributed by atoms with Gasteiger partial charge in [-0.1, -0.05) is 29.3 Å². The summed E-state index contributed by atoms with van der Waals surface area (Å²) in [5.74, 6) is -0.481. The van der Waals surface area contributed by atoms with Crippen molar-refractivity contribution in [2.75, 3.05) is 45.7 Å². The zero-order valence-electron chi connectivity index (χ0n) is 12.5. The van der Waals surface area contributed by atoms with Gasteiger partial charge in [0.25, 0.3) is 0 Å². The molecule has 0 heterocycles. The van der Waals surface area contributed by atoms with Gasteiger partial charge in [0.15, 0.2) is 0 Å². The van der Waals surface area contributed by atoms with Crippen LogP contribution in [-0.2, 0) is 14.3 Å². The van der Waals surface area contributed by atoms with Gasteiger partial charge < -0.3 is 15.4 Å². The molecule has 0 atom stereocenters. The van der Waals surface area contributed by atoms with Crippen LogP contribution < -0.4 is 10.6 Å². The zero-order chi connectivity index (χ0) is 16.5. The number of hydrogen-bond donors (Lipinski definition) is 2. The van der Waals surface area contributed by atoms with Crippen molar-refractivity contribution < 1.29 is 14.3 Å². The molecular formula is C14H19Cl2N3O3. The maximum Gasteiger partial charge on any atom is 0.238 e. The summed E-state index contributed by atoms with van der Waals surface area (Å²) in [5.41, 5.74) is 0.369. The molecule has 6 nitrogen and oxygen atoms in total. The van der Waals surface area contributed by atoms with Gasteiger partial charge in [-0.15, -0.1) is 0 Å². The quantitative estimate of drug-likeness (QED) is 0.701. The van der Waals surface area contributed by atoms with Gasteiger partial charge in [0, 0.05) is 13.7 Å². The number of methoxy groups -OCH3 is 1. The first-order valence-corrected chi connectivity index (χ1v) is 7.37. The van der Waals surface area contributed by atoms with Crippen molar-refractivity contribution in [1.29, 1.82) is 0 Å². The highest BCUT2D eigenvalue weighted by atomic mass is 35.5. The summed E-state index contributed by atoms with van der Waals surface area (Å²) in [6.07, 6.45) is 0. The maximum atomic E-state index is 11.9. The number of hydrogen-bond acceptors (Lipinski definition) is 4. The molecule has 0 saturated carbocycles.